The number of pyridine rings is 1. The number of H-pyrrole nitrogens is 1. The maximum Gasteiger partial charge on any atom is 0.272 e. The van der Waals surface area contributed by atoms with Crippen LogP contribution >= 0.6 is 15.9 Å². The van der Waals surface area contributed by atoms with E-state index in [2.05, 4.69) is 31.1 Å². The fraction of sp³-hybridized carbons (Fsp3) is 0.238. The van der Waals surface area contributed by atoms with Crippen LogP contribution in [0, 0.1) is 0 Å². The lowest BCUT2D eigenvalue weighted by molar-refractivity contribution is -0.131. The van der Waals surface area contributed by atoms with Gasteiger partial charge in [0.15, 0.2) is 0 Å². The summed E-state index contributed by atoms with van der Waals surface area (Å²) in [6, 6.07) is 13.2. The third-order valence-corrected chi connectivity index (χ3v) is 5.48. The molecular formula is C21H20BrN5O2. The first kappa shape index (κ1) is 19.3. The molecule has 0 saturated carbocycles. The topological polar surface area (TPSA) is 82.2 Å². The van der Waals surface area contributed by atoms with Crippen LogP contribution in [-0.2, 0) is 11.2 Å². The van der Waals surface area contributed by atoms with Crippen LogP contribution in [-0.4, -0.2) is 63.0 Å². The van der Waals surface area contributed by atoms with Crippen molar-refractivity contribution in [3.8, 4) is 11.3 Å². The van der Waals surface area contributed by atoms with E-state index in [4.69, 9.17) is 0 Å². The van der Waals surface area contributed by atoms with Crippen LogP contribution in [0.2, 0.25) is 0 Å². The average molecular weight is 454 g/mol. The number of aromatic nitrogens is 3. The third-order valence-electron chi connectivity index (χ3n) is 4.95. The largest absolute Gasteiger partial charge is 0.339 e. The minimum atomic E-state index is -0.104. The van der Waals surface area contributed by atoms with E-state index in [0.717, 1.165) is 15.6 Å². The molecule has 1 N–H and O–H groups in total. The summed E-state index contributed by atoms with van der Waals surface area (Å²) in [4.78, 5) is 33.0. The van der Waals surface area contributed by atoms with Gasteiger partial charge in [-0.15, -0.1) is 0 Å². The van der Waals surface area contributed by atoms with Crippen molar-refractivity contribution in [2.24, 2.45) is 0 Å². The highest BCUT2D eigenvalue weighted by molar-refractivity contribution is 9.10. The molecule has 3 aromatic rings. The van der Waals surface area contributed by atoms with Gasteiger partial charge in [0.1, 0.15) is 5.69 Å². The van der Waals surface area contributed by atoms with Gasteiger partial charge in [0.2, 0.25) is 5.91 Å². The predicted octanol–water partition coefficient (Wildman–Crippen LogP) is 2.76. The molecule has 7 nitrogen and oxygen atoms in total. The van der Waals surface area contributed by atoms with Crippen LogP contribution in [0.1, 0.15) is 16.1 Å². The Hall–Kier alpha value is -3.00. The summed E-state index contributed by atoms with van der Waals surface area (Å²) in [5, 5.41) is 7.04. The molecule has 4 rings (SSSR count). The van der Waals surface area contributed by atoms with Gasteiger partial charge in [0, 0.05) is 48.6 Å². The molecule has 148 valence electrons. The minimum absolute atomic E-state index is 0.0832. The summed E-state index contributed by atoms with van der Waals surface area (Å²) < 4.78 is 0.992. The molecule has 1 aliphatic heterocycles. The first-order valence-electron chi connectivity index (χ1n) is 9.37. The number of carbonyl (C=O) groups excluding carboxylic acids is 2. The first-order chi connectivity index (χ1) is 14.1. The standard InChI is InChI=1S/C21H20BrN5O2/c22-17-5-3-15(4-6-17)12-20(28)26-8-10-27(11-9-26)21(29)19-13-18(24-25-19)16-2-1-7-23-14-16/h1-7,13-14H,8-12H2,(H,24,25). The number of rotatable bonds is 4. The van der Waals surface area contributed by atoms with Crippen molar-refractivity contribution in [3.63, 3.8) is 0 Å². The number of aromatic amines is 1. The van der Waals surface area contributed by atoms with Gasteiger partial charge in [0.25, 0.3) is 5.91 Å². The maximum absolute atomic E-state index is 12.8. The lowest BCUT2D eigenvalue weighted by atomic mass is 10.1. The molecule has 0 unspecified atom stereocenters. The van der Waals surface area contributed by atoms with Crippen LogP contribution in [0.3, 0.4) is 0 Å². The van der Waals surface area contributed by atoms with E-state index in [1.54, 1.807) is 23.4 Å². The number of hydrogen-bond donors (Lipinski definition) is 1. The van der Waals surface area contributed by atoms with Gasteiger partial charge in [0.05, 0.1) is 12.1 Å². The lowest BCUT2D eigenvalue weighted by Gasteiger charge is -2.34. The second-order valence-electron chi connectivity index (χ2n) is 6.88. The van der Waals surface area contributed by atoms with Crippen LogP contribution < -0.4 is 0 Å². The van der Waals surface area contributed by atoms with Gasteiger partial charge >= 0.3 is 0 Å². The Balaban J connectivity index is 1.33. The Kier molecular flexibility index (Phi) is 5.71. The summed E-state index contributed by atoms with van der Waals surface area (Å²) in [7, 11) is 0. The van der Waals surface area contributed by atoms with Crippen molar-refractivity contribution in [2.75, 3.05) is 26.2 Å². The quantitative estimate of drug-likeness (QED) is 0.658. The van der Waals surface area contributed by atoms with Crippen molar-refractivity contribution in [3.05, 3.63) is 70.6 Å². The first-order valence-corrected chi connectivity index (χ1v) is 10.2. The van der Waals surface area contributed by atoms with Crippen molar-refractivity contribution < 1.29 is 9.59 Å². The molecule has 0 radical (unpaired) electrons. The molecule has 8 heteroatoms. The Morgan fingerprint density at radius 1 is 1.03 bits per heavy atom. The normalized spacial score (nSPS) is 14.1. The van der Waals surface area contributed by atoms with E-state index in [1.807, 2.05) is 41.3 Å². The fourth-order valence-corrected chi connectivity index (χ4v) is 3.58. The number of piperazine rings is 1. The molecule has 0 bridgehead atoms. The summed E-state index contributed by atoms with van der Waals surface area (Å²) in [5.41, 5.74) is 2.96. The third kappa shape index (κ3) is 4.54. The zero-order valence-corrected chi connectivity index (χ0v) is 17.3. The number of hydrogen-bond acceptors (Lipinski definition) is 4. The lowest BCUT2D eigenvalue weighted by Crippen LogP contribution is -2.51. The molecule has 1 aromatic carbocycles. The summed E-state index contributed by atoms with van der Waals surface area (Å²) in [6.45, 7) is 2.08. The summed E-state index contributed by atoms with van der Waals surface area (Å²) >= 11 is 3.40. The molecular weight excluding hydrogens is 434 g/mol. The van der Waals surface area contributed by atoms with Gasteiger partial charge in [-0.05, 0) is 35.9 Å². The van der Waals surface area contributed by atoms with Gasteiger partial charge in [-0.25, -0.2) is 0 Å². The van der Waals surface area contributed by atoms with Gasteiger partial charge < -0.3 is 9.80 Å². The maximum atomic E-state index is 12.8. The average Bonchev–Trinajstić information content (AvgIpc) is 3.26. The van der Waals surface area contributed by atoms with E-state index in [9.17, 15) is 9.59 Å². The fourth-order valence-electron chi connectivity index (χ4n) is 3.31. The van der Waals surface area contributed by atoms with Crippen molar-refractivity contribution >= 4 is 27.7 Å². The smallest absolute Gasteiger partial charge is 0.272 e. The van der Waals surface area contributed by atoms with Crippen LogP contribution in [0.25, 0.3) is 11.3 Å². The molecule has 3 heterocycles. The molecule has 0 aliphatic carbocycles. The summed E-state index contributed by atoms with van der Waals surface area (Å²) in [5.74, 6) is -0.0209. The highest BCUT2D eigenvalue weighted by atomic mass is 79.9. The number of halogens is 1. The number of amides is 2. The number of nitrogens with zero attached hydrogens (tertiary/aromatic N) is 4. The highest BCUT2D eigenvalue weighted by Crippen LogP contribution is 2.18. The van der Waals surface area contributed by atoms with Gasteiger partial charge in [-0.3, -0.25) is 19.7 Å². The Morgan fingerprint density at radius 2 is 1.76 bits per heavy atom. The molecule has 1 saturated heterocycles. The second-order valence-corrected chi connectivity index (χ2v) is 7.80. The zero-order valence-electron chi connectivity index (χ0n) is 15.7. The monoisotopic (exact) mass is 453 g/mol. The van der Waals surface area contributed by atoms with Crippen molar-refractivity contribution in [1.82, 2.24) is 25.0 Å². The second kappa shape index (κ2) is 8.57. The molecule has 2 aromatic heterocycles. The van der Waals surface area contributed by atoms with E-state index in [-0.39, 0.29) is 11.8 Å². The molecule has 29 heavy (non-hydrogen) atoms. The number of carbonyl (C=O) groups is 2. The van der Waals surface area contributed by atoms with E-state index in [0.29, 0.717) is 44.0 Å². The van der Waals surface area contributed by atoms with E-state index >= 15 is 0 Å². The highest BCUT2D eigenvalue weighted by Gasteiger charge is 2.26. The molecule has 1 fully saturated rings. The van der Waals surface area contributed by atoms with Gasteiger partial charge in [-0.2, -0.15) is 5.10 Å². The zero-order chi connectivity index (χ0) is 20.2. The minimum Gasteiger partial charge on any atom is -0.339 e. The van der Waals surface area contributed by atoms with E-state index < -0.39 is 0 Å². The van der Waals surface area contributed by atoms with Crippen LogP contribution in [0.5, 0.6) is 0 Å². The van der Waals surface area contributed by atoms with Crippen LogP contribution in [0.4, 0.5) is 0 Å². The SMILES string of the molecule is O=C(Cc1ccc(Br)cc1)N1CCN(C(=O)c2cc(-c3cccnc3)n[nH]2)CC1. The molecule has 2 amide bonds. The number of nitrogens with one attached hydrogen (secondary N) is 1. The summed E-state index contributed by atoms with van der Waals surface area (Å²) in [6.07, 6.45) is 3.77. The van der Waals surface area contributed by atoms with Crippen molar-refractivity contribution in [2.45, 2.75) is 6.42 Å². The van der Waals surface area contributed by atoms with Crippen LogP contribution in [0.15, 0.2) is 59.3 Å². The number of benzene rings is 1. The molecule has 0 spiro atoms. The Labute approximate surface area is 176 Å². The van der Waals surface area contributed by atoms with E-state index in [1.165, 1.54) is 0 Å². The predicted molar refractivity (Wildman–Crippen MR) is 112 cm³/mol. The molecule has 0 atom stereocenters. The Morgan fingerprint density at radius 3 is 2.45 bits per heavy atom. The Bertz CT molecular complexity index is 995. The van der Waals surface area contributed by atoms with Gasteiger partial charge in [-0.1, -0.05) is 28.1 Å². The molecule has 1 aliphatic rings. The van der Waals surface area contributed by atoms with Crippen molar-refractivity contribution in [1.29, 1.82) is 0 Å².